The molecule has 6 nitrogen and oxygen atoms in total. The number of hydrogen-bond donors (Lipinski definition) is 1. The van der Waals surface area contributed by atoms with Gasteiger partial charge in [-0.05, 0) is 25.7 Å². The fourth-order valence-electron chi connectivity index (χ4n) is 2.68. The third-order valence-electron chi connectivity index (χ3n) is 3.54. The van der Waals surface area contributed by atoms with Crippen LogP contribution in [0.3, 0.4) is 0 Å². The number of esters is 1. The average molecular weight is 263 g/mol. The Morgan fingerprint density at radius 1 is 1.41 bits per heavy atom. The minimum Gasteiger partial charge on any atom is -0.748 e. The topological polar surface area (TPSA) is 104 Å². The maximum atomic E-state index is 11.5. The van der Waals surface area contributed by atoms with Crippen LogP contribution < -0.4 is 0 Å². The van der Waals surface area contributed by atoms with E-state index >= 15 is 0 Å². The van der Waals surface area contributed by atoms with Crippen molar-refractivity contribution in [1.82, 2.24) is 0 Å². The summed E-state index contributed by atoms with van der Waals surface area (Å²) in [6, 6.07) is 0. The molecule has 1 N–H and O–H groups in total. The number of ether oxygens (including phenoxy) is 1. The molecule has 0 aromatic heterocycles. The zero-order valence-corrected chi connectivity index (χ0v) is 10.1. The van der Waals surface area contributed by atoms with Gasteiger partial charge in [0.05, 0.1) is 27.9 Å². The third-order valence-corrected chi connectivity index (χ3v) is 4.35. The molecule has 0 aromatic rings. The van der Waals surface area contributed by atoms with Crippen LogP contribution in [0, 0.1) is 5.92 Å². The lowest BCUT2D eigenvalue weighted by atomic mass is 9.80. The molecular weight excluding hydrogens is 248 g/mol. The molecule has 1 saturated carbocycles. The Balaban J connectivity index is 2.04. The van der Waals surface area contributed by atoms with E-state index in [4.69, 9.17) is 4.74 Å². The van der Waals surface area contributed by atoms with Crippen molar-refractivity contribution in [3.05, 3.63) is 0 Å². The highest BCUT2D eigenvalue weighted by atomic mass is 32.2. The molecule has 1 atom stereocenters. The van der Waals surface area contributed by atoms with Crippen LogP contribution in [0.5, 0.6) is 0 Å². The van der Waals surface area contributed by atoms with E-state index in [9.17, 15) is 22.9 Å². The van der Waals surface area contributed by atoms with Crippen LogP contribution in [0.2, 0.25) is 0 Å². The predicted octanol–water partition coefficient (Wildman–Crippen LogP) is -0.232. The van der Waals surface area contributed by atoms with Gasteiger partial charge in [0, 0.05) is 6.42 Å². The summed E-state index contributed by atoms with van der Waals surface area (Å²) in [5.41, 5.74) is -0.647. The summed E-state index contributed by atoms with van der Waals surface area (Å²) in [4.78, 5) is 11.5. The number of aliphatic hydroxyl groups excluding tert-OH is 1. The summed E-state index contributed by atoms with van der Waals surface area (Å²) < 4.78 is 37.2. The fraction of sp³-hybridized carbons (Fsp3) is 0.900. The molecule has 1 heterocycles. The van der Waals surface area contributed by atoms with Crippen molar-refractivity contribution < 1.29 is 27.6 Å². The molecule has 1 spiro atoms. The lowest BCUT2D eigenvalue weighted by Gasteiger charge is -2.33. The van der Waals surface area contributed by atoms with Crippen LogP contribution in [0.1, 0.15) is 32.1 Å². The number of rotatable bonds is 2. The van der Waals surface area contributed by atoms with E-state index < -0.39 is 33.4 Å². The zero-order chi connectivity index (χ0) is 12.7. The zero-order valence-electron chi connectivity index (χ0n) is 9.29. The molecule has 7 heteroatoms. The van der Waals surface area contributed by atoms with Gasteiger partial charge in [0.25, 0.3) is 0 Å². The molecule has 2 fully saturated rings. The van der Waals surface area contributed by atoms with E-state index in [1.807, 2.05) is 0 Å². The molecule has 0 bridgehead atoms. The van der Waals surface area contributed by atoms with Crippen LogP contribution in [0.25, 0.3) is 0 Å². The molecule has 0 aromatic carbocycles. The summed E-state index contributed by atoms with van der Waals surface area (Å²) in [5, 5.41) is 9.38. The largest absolute Gasteiger partial charge is 0.748 e. The second kappa shape index (κ2) is 4.22. The highest BCUT2D eigenvalue weighted by Crippen LogP contribution is 2.42. The van der Waals surface area contributed by atoms with E-state index in [2.05, 4.69) is 0 Å². The van der Waals surface area contributed by atoms with Gasteiger partial charge in [-0.2, -0.15) is 0 Å². The van der Waals surface area contributed by atoms with Gasteiger partial charge >= 0.3 is 5.97 Å². The van der Waals surface area contributed by atoms with Gasteiger partial charge in [-0.3, -0.25) is 4.79 Å². The summed E-state index contributed by atoms with van der Waals surface area (Å²) in [5.74, 6) is -2.12. The number of aliphatic hydroxyl groups is 1. The van der Waals surface area contributed by atoms with Gasteiger partial charge in [0.2, 0.25) is 0 Å². The summed E-state index contributed by atoms with van der Waals surface area (Å²) in [6.07, 6.45) is 2.07. The van der Waals surface area contributed by atoms with Crippen molar-refractivity contribution >= 4 is 16.1 Å². The van der Waals surface area contributed by atoms with Gasteiger partial charge in [-0.15, -0.1) is 0 Å². The van der Waals surface area contributed by atoms with E-state index in [0.29, 0.717) is 25.7 Å². The monoisotopic (exact) mass is 263 g/mol. The number of carbonyl (C=O) groups excluding carboxylic acids is 1. The molecule has 1 aliphatic carbocycles. The molecule has 1 unspecified atom stereocenters. The van der Waals surface area contributed by atoms with Crippen LogP contribution in [-0.4, -0.2) is 41.5 Å². The van der Waals surface area contributed by atoms with Gasteiger partial charge < -0.3 is 14.4 Å². The number of carbonyl (C=O) groups is 1. The maximum Gasteiger partial charge on any atom is 0.310 e. The first-order chi connectivity index (χ1) is 7.80. The van der Waals surface area contributed by atoms with E-state index in [0.717, 1.165) is 0 Å². The number of hydrogen-bond acceptors (Lipinski definition) is 6. The Hall–Kier alpha value is -0.660. The fourth-order valence-corrected chi connectivity index (χ4v) is 3.43. The van der Waals surface area contributed by atoms with E-state index in [1.165, 1.54) is 0 Å². The molecule has 1 aliphatic heterocycles. The Kier molecular flexibility index (Phi) is 3.17. The predicted molar refractivity (Wildman–Crippen MR) is 56.0 cm³/mol. The minimum atomic E-state index is -4.41. The van der Waals surface area contributed by atoms with Crippen LogP contribution in [-0.2, 0) is 19.6 Å². The second-order valence-electron chi connectivity index (χ2n) is 4.96. The molecule has 0 amide bonds. The van der Waals surface area contributed by atoms with Crippen molar-refractivity contribution in [3.63, 3.8) is 0 Å². The van der Waals surface area contributed by atoms with Gasteiger partial charge in [-0.1, -0.05) is 0 Å². The van der Waals surface area contributed by atoms with E-state index in [-0.39, 0.29) is 12.5 Å². The standard InChI is InChI=1S/C10H16O6S/c11-8-1-3-10(4-2-8)5-7(9(12)16-10)6-17(13,14)15/h7-8,11H,1-6H2,(H,13,14,15)/p-1. The highest BCUT2D eigenvalue weighted by molar-refractivity contribution is 7.85. The molecule has 0 radical (unpaired) electrons. The van der Waals surface area contributed by atoms with Gasteiger partial charge in [-0.25, -0.2) is 8.42 Å². The van der Waals surface area contributed by atoms with Crippen LogP contribution >= 0.6 is 0 Å². The normalized spacial score (nSPS) is 38.4. The Bertz CT molecular complexity index is 407. The van der Waals surface area contributed by atoms with Crippen molar-refractivity contribution in [1.29, 1.82) is 0 Å². The van der Waals surface area contributed by atoms with Crippen LogP contribution in [0.15, 0.2) is 0 Å². The average Bonchev–Trinajstić information content (AvgIpc) is 2.47. The van der Waals surface area contributed by atoms with E-state index in [1.54, 1.807) is 0 Å². The lowest BCUT2D eigenvalue weighted by Crippen LogP contribution is -2.35. The third kappa shape index (κ3) is 2.97. The summed E-state index contributed by atoms with van der Waals surface area (Å²) in [7, 11) is -4.41. The van der Waals surface area contributed by atoms with Gasteiger partial charge in [0.1, 0.15) is 5.60 Å². The summed E-state index contributed by atoms with van der Waals surface area (Å²) in [6.45, 7) is 0. The quantitative estimate of drug-likeness (QED) is 0.545. The first kappa shape index (κ1) is 12.8. The Morgan fingerprint density at radius 2 is 2.00 bits per heavy atom. The first-order valence-electron chi connectivity index (χ1n) is 5.64. The lowest BCUT2D eigenvalue weighted by molar-refractivity contribution is -0.154. The van der Waals surface area contributed by atoms with Crippen molar-refractivity contribution in [3.8, 4) is 0 Å². The summed E-state index contributed by atoms with van der Waals surface area (Å²) >= 11 is 0. The first-order valence-corrected chi connectivity index (χ1v) is 7.22. The SMILES string of the molecule is O=C1OC2(CCC(O)CC2)CC1CS(=O)(=O)[O-]. The molecule has 98 valence electrons. The molecular formula is C10H15O6S-. The van der Waals surface area contributed by atoms with Crippen LogP contribution in [0.4, 0.5) is 0 Å². The maximum absolute atomic E-state index is 11.5. The van der Waals surface area contributed by atoms with Crippen molar-refractivity contribution in [2.75, 3.05) is 5.75 Å². The molecule has 2 rings (SSSR count). The highest BCUT2D eigenvalue weighted by Gasteiger charge is 2.48. The molecule has 2 aliphatic rings. The minimum absolute atomic E-state index is 0.278. The Morgan fingerprint density at radius 3 is 2.53 bits per heavy atom. The molecule has 17 heavy (non-hydrogen) atoms. The van der Waals surface area contributed by atoms with Crippen molar-refractivity contribution in [2.24, 2.45) is 5.92 Å². The molecule has 1 saturated heterocycles. The smallest absolute Gasteiger partial charge is 0.310 e. The van der Waals surface area contributed by atoms with Gasteiger partial charge in [0.15, 0.2) is 0 Å². The second-order valence-corrected chi connectivity index (χ2v) is 6.41. The Labute approximate surface area is 99.7 Å². The van der Waals surface area contributed by atoms with Crippen molar-refractivity contribution in [2.45, 2.75) is 43.8 Å².